The van der Waals surface area contributed by atoms with Crippen LogP contribution in [0.3, 0.4) is 0 Å². The van der Waals surface area contributed by atoms with E-state index in [1.807, 2.05) is 30.5 Å². The summed E-state index contributed by atoms with van der Waals surface area (Å²) in [5.74, 6) is 1.64. The summed E-state index contributed by atoms with van der Waals surface area (Å²) in [4.78, 5) is 44.1. The minimum Gasteiger partial charge on any atom is -0.439 e. The minimum atomic E-state index is -4.50. The molecule has 4 fully saturated rings. The molecule has 9 rings (SSSR count). The molecular weight excluding hydrogens is 1070 g/mol. The molecule has 3 aromatic heterocycles. The Morgan fingerprint density at radius 3 is 1.57 bits per heavy atom. The Labute approximate surface area is 453 Å². The summed E-state index contributed by atoms with van der Waals surface area (Å²) in [6.45, 7) is 13.0. The Balaban J connectivity index is 0.000000204. The first kappa shape index (κ1) is 56.3. The van der Waals surface area contributed by atoms with Gasteiger partial charge in [0.1, 0.15) is 34.8 Å². The van der Waals surface area contributed by atoms with Gasteiger partial charge in [0.25, 0.3) is 0 Å². The highest BCUT2D eigenvalue weighted by atomic mass is 79.9. The molecule has 2 aliphatic carbocycles. The van der Waals surface area contributed by atoms with E-state index in [0.717, 1.165) is 114 Å². The second-order valence-electron chi connectivity index (χ2n) is 20.4. The van der Waals surface area contributed by atoms with Crippen molar-refractivity contribution >= 4 is 51.1 Å². The van der Waals surface area contributed by atoms with Gasteiger partial charge in [-0.25, -0.2) is 19.6 Å². The largest absolute Gasteiger partial charge is 0.439 e. The summed E-state index contributed by atoms with van der Waals surface area (Å²) in [5.41, 5.74) is 3.37. The summed E-state index contributed by atoms with van der Waals surface area (Å²) in [6, 6.07) is 15.5. The zero-order valence-corrected chi connectivity index (χ0v) is 46.0. The molecule has 5 heterocycles. The van der Waals surface area contributed by atoms with E-state index >= 15 is 0 Å². The standard InChI is InChI=1S/C31H33F3N4O2S.C26H31BrF3N3O2/c1-4-37(25-8-6-5-7-9-25)29-23(14-22(17-36-29)26-10-11-41-27(26)16-35)18-38-20(3)28(40-30(38)39)21-12-19(2)13-24(15-21)31(32,33)34;1-4-32(22-8-6-5-7-9-22)24-19(13-21(27)14-31-24)15-33-17(3)23(35-25(33)34)18-10-16(2)11-20(12-18)26(28,29)30/h10-15,17,20,25,28H,4-9,18H2,1-3H3;10-14,17,22-23H,4-9,15H2,1-3H3/t20-,28?;17-,23-/m00/s1. The van der Waals surface area contributed by atoms with Gasteiger partial charge in [-0.15, -0.1) is 11.3 Å². The van der Waals surface area contributed by atoms with Crippen molar-refractivity contribution in [1.82, 2.24) is 19.8 Å². The Hall–Kier alpha value is -5.87. The molecule has 0 N–H and O–H groups in total. The Kier molecular flexibility index (Phi) is 17.6. The van der Waals surface area contributed by atoms with Crippen LogP contribution in [0.1, 0.15) is 153 Å². The highest BCUT2D eigenvalue weighted by molar-refractivity contribution is 9.10. The summed E-state index contributed by atoms with van der Waals surface area (Å²) < 4.78 is 92.9. The molecule has 4 aliphatic rings. The summed E-state index contributed by atoms with van der Waals surface area (Å²) in [6.07, 6.45) is 3.38. The van der Waals surface area contributed by atoms with Crippen LogP contribution < -0.4 is 9.80 Å². The maximum atomic E-state index is 13.5. The van der Waals surface area contributed by atoms with Crippen molar-refractivity contribution in [3.05, 3.63) is 126 Å². The number of carbonyl (C=O) groups excluding carboxylic acids is 2. The second-order valence-corrected chi connectivity index (χ2v) is 22.2. The first-order chi connectivity index (χ1) is 36.2. The molecule has 76 heavy (non-hydrogen) atoms. The third-order valence-electron chi connectivity index (χ3n) is 15.2. The van der Waals surface area contributed by atoms with Crippen LogP contribution in [0.4, 0.5) is 47.6 Å². The van der Waals surface area contributed by atoms with Crippen molar-refractivity contribution in [3.8, 4) is 17.2 Å². The van der Waals surface area contributed by atoms with E-state index in [-0.39, 0.29) is 13.1 Å². The lowest BCUT2D eigenvalue weighted by atomic mass is 9.93. The quantitative estimate of drug-likeness (QED) is 0.106. The first-order valence-electron chi connectivity index (χ1n) is 26.2. The number of benzene rings is 2. The zero-order valence-electron chi connectivity index (χ0n) is 43.6. The third-order valence-corrected chi connectivity index (χ3v) is 16.4. The number of pyridine rings is 2. The van der Waals surface area contributed by atoms with Gasteiger partial charge >= 0.3 is 24.5 Å². The molecule has 0 bridgehead atoms. The van der Waals surface area contributed by atoms with E-state index in [2.05, 4.69) is 45.6 Å². The highest BCUT2D eigenvalue weighted by Gasteiger charge is 2.44. The number of nitrogens with zero attached hydrogens (tertiary/aromatic N) is 7. The van der Waals surface area contributed by atoms with E-state index in [1.165, 1.54) is 37.0 Å². The smallest absolute Gasteiger partial charge is 0.416 e. The van der Waals surface area contributed by atoms with Crippen molar-refractivity contribution in [3.63, 3.8) is 0 Å². The number of rotatable bonds is 13. The van der Waals surface area contributed by atoms with Crippen molar-refractivity contribution in [2.24, 2.45) is 0 Å². The van der Waals surface area contributed by atoms with Crippen LogP contribution in [0.5, 0.6) is 0 Å². The maximum Gasteiger partial charge on any atom is 0.416 e. The predicted molar refractivity (Wildman–Crippen MR) is 285 cm³/mol. The minimum absolute atomic E-state index is 0.180. The molecule has 2 saturated carbocycles. The fraction of sp³-hybridized carbons (Fsp3) is 0.491. The van der Waals surface area contributed by atoms with Gasteiger partial charge in [-0.1, -0.05) is 61.8 Å². The zero-order chi connectivity index (χ0) is 54.6. The molecule has 11 nitrogen and oxygen atoms in total. The number of anilines is 2. The van der Waals surface area contributed by atoms with Crippen molar-refractivity contribution in [2.45, 2.75) is 168 Å². The van der Waals surface area contributed by atoms with Crippen LogP contribution >= 0.6 is 27.3 Å². The maximum absolute atomic E-state index is 13.5. The van der Waals surface area contributed by atoms with Crippen molar-refractivity contribution in [1.29, 1.82) is 5.26 Å². The fourth-order valence-corrected chi connectivity index (χ4v) is 12.5. The molecule has 1 unspecified atom stereocenters. The van der Waals surface area contributed by atoms with Gasteiger partial charge in [0.2, 0.25) is 0 Å². The Morgan fingerprint density at radius 1 is 0.684 bits per heavy atom. The van der Waals surface area contributed by atoms with Gasteiger partial charge in [0, 0.05) is 64.3 Å². The number of thiophene rings is 1. The van der Waals surface area contributed by atoms with Crippen LogP contribution in [0, 0.1) is 25.2 Å². The van der Waals surface area contributed by atoms with Gasteiger partial charge in [-0.3, -0.25) is 9.80 Å². The summed E-state index contributed by atoms with van der Waals surface area (Å²) in [7, 11) is 0. The number of cyclic esters (lactones) is 2. The molecule has 19 heteroatoms. The van der Waals surface area contributed by atoms with E-state index in [4.69, 9.17) is 19.4 Å². The molecule has 2 saturated heterocycles. The lowest BCUT2D eigenvalue weighted by Gasteiger charge is -2.36. The SMILES string of the molecule is CCN(c1ncc(-c2ccsc2C#N)cc1CN1C(=O)OC(c2cc(C)cc(C(F)(F)F)c2)[C@@H]1C)C1CCCCC1.CCN(c1ncc(Br)cc1CN1C(=O)O[C@H](c2cc(C)cc(C(F)(F)F)c2)[C@@H]1C)C1CCCCC1. The van der Waals surface area contributed by atoms with Crippen LogP contribution in [0.15, 0.2) is 76.8 Å². The molecule has 406 valence electrons. The third kappa shape index (κ3) is 12.6. The second kappa shape index (κ2) is 23.8. The van der Waals surface area contributed by atoms with Crippen molar-refractivity contribution in [2.75, 3.05) is 22.9 Å². The van der Waals surface area contributed by atoms with Crippen LogP contribution in [-0.2, 0) is 34.9 Å². The molecule has 2 aromatic carbocycles. The first-order valence-corrected chi connectivity index (χ1v) is 27.8. The Morgan fingerprint density at radius 2 is 1.13 bits per heavy atom. The Bertz CT molecular complexity index is 2920. The van der Waals surface area contributed by atoms with Gasteiger partial charge in [0.05, 0.1) is 36.3 Å². The predicted octanol–water partition coefficient (Wildman–Crippen LogP) is 15.7. The molecule has 4 atom stereocenters. The number of aromatic nitrogens is 2. The van der Waals surface area contributed by atoms with E-state index in [1.54, 1.807) is 55.1 Å². The average Bonchev–Trinajstić information content (AvgIpc) is 4.07. The fourth-order valence-electron chi connectivity index (χ4n) is 11.4. The number of aryl methyl sites for hydroxylation is 2. The van der Waals surface area contributed by atoms with Gasteiger partial charge < -0.3 is 19.3 Å². The van der Waals surface area contributed by atoms with Crippen LogP contribution in [0.2, 0.25) is 0 Å². The van der Waals surface area contributed by atoms with Gasteiger partial charge in [-0.2, -0.15) is 31.6 Å². The lowest BCUT2D eigenvalue weighted by Crippen LogP contribution is -2.39. The number of carbonyl (C=O) groups is 2. The normalized spacial score (nSPS) is 20.5. The number of ether oxygens (including phenoxy) is 2. The van der Waals surface area contributed by atoms with Crippen LogP contribution in [0.25, 0.3) is 11.1 Å². The molecular formula is C57H64BrF6N7O4S. The number of amides is 2. The number of nitriles is 1. The van der Waals surface area contributed by atoms with Gasteiger partial charge in [0.15, 0.2) is 0 Å². The molecule has 2 amide bonds. The van der Waals surface area contributed by atoms with Crippen molar-refractivity contribution < 1.29 is 45.4 Å². The summed E-state index contributed by atoms with van der Waals surface area (Å²) >= 11 is 4.86. The van der Waals surface area contributed by atoms with E-state index in [9.17, 15) is 41.2 Å². The topological polar surface area (TPSA) is 115 Å². The monoisotopic (exact) mass is 1140 g/mol. The number of alkyl halides is 6. The highest BCUT2D eigenvalue weighted by Crippen LogP contribution is 2.42. The molecule has 5 aromatic rings. The van der Waals surface area contributed by atoms with Crippen LogP contribution in [-0.4, -0.2) is 69.2 Å². The lowest BCUT2D eigenvalue weighted by molar-refractivity contribution is -0.138. The average molecular weight is 1140 g/mol. The molecule has 0 spiro atoms. The number of hydrogen-bond donors (Lipinski definition) is 0. The molecule has 0 radical (unpaired) electrons. The summed E-state index contributed by atoms with van der Waals surface area (Å²) in [5, 5.41) is 11.5. The number of halogens is 7. The van der Waals surface area contributed by atoms with E-state index < -0.39 is 60.0 Å². The van der Waals surface area contributed by atoms with Gasteiger partial charge in [-0.05, 0) is 142 Å². The van der Waals surface area contributed by atoms with E-state index in [0.29, 0.717) is 39.2 Å². The molecule has 2 aliphatic heterocycles. The number of hydrogen-bond acceptors (Lipinski definition) is 10.